The summed E-state index contributed by atoms with van der Waals surface area (Å²) in [5.74, 6) is -0.229. The maximum absolute atomic E-state index is 11.7. The highest BCUT2D eigenvalue weighted by molar-refractivity contribution is 7.16. The monoisotopic (exact) mass is 360 g/mol. The average Bonchev–Trinajstić information content (AvgIpc) is 3.08. The molecular weight excluding hydrogens is 344 g/mol. The largest absolute Gasteiger partial charge is 0.390 e. The number of nitrogens with two attached hydrogens (primary N) is 2. The van der Waals surface area contributed by atoms with E-state index in [0.29, 0.717) is 17.1 Å². The van der Waals surface area contributed by atoms with Gasteiger partial charge in [-0.25, -0.2) is 0 Å². The third-order valence-electron chi connectivity index (χ3n) is 4.64. The van der Waals surface area contributed by atoms with Crippen molar-refractivity contribution in [3.8, 4) is 0 Å². The normalized spacial score (nSPS) is 19.0. The second kappa shape index (κ2) is 5.79. The number of carbonyl (C=O) groups excluding carboxylic acids is 1. The van der Waals surface area contributed by atoms with E-state index in [1.165, 1.54) is 11.3 Å². The van der Waals surface area contributed by atoms with Gasteiger partial charge in [0.05, 0.1) is 23.0 Å². The van der Waals surface area contributed by atoms with Crippen molar-refractivity contribution in [1.29, 1.82) is 0 Å². The van der Waals surface area contributed by atoms with Crippen LogP contribution in [0.1, 0.15) is 38.7 Å². The fourth-order valence-electron chi connectivity index (χ4n) is 3.55. The van der Waals surface area contributed by atoms with Crippen molar-refractivity contribution in [2.45, 2.75) is 25.3 Å². The third kappa shape index (κ3) is 2.46. The van der Waals surface area contributed by atoms with Crippen LogP contribution in [0, 0.1) is 0 Å². The van der Waals surface area contributed by atoms with Crippen LogP contribution >= 0.6 is 22.9 Å². The molecule has 1 atom stereocenters. The van der Waals surface area contributed by atoms with Gasteiger partial charge in [-0.2, -0.15) is 5.10 Å². The second-order valence-electron chi connectivity index (χ2n) is 6.13. The predicted octanol–water partition coefficient (Wildman–Crippen LogP) is 2.98. The fraction of sp³-hybridized carbons (Fsp3) is 0.294. The summed E-state index contributed by atoms with van der Waals surface area (Å²) in [6.07, 6.45) is 1.61. The van der Waals surface area contributed by atoms with Gasteiger partial charge in [0.2, 0.25) is 0 Å². The van der Waals surface area contributed by atoms with E-state index < -0.39 is 5.91 Å². The van der Waals surface area contributed by atoms with Gasteiger partial charge in [-0.1, -0.05) is 29.8 Å². The Kier molecular flexibility index (Phi) is 3.73. The van der Waals surface area contributed by atoms with E-state index in [0.717, 1.165) is 46.1 Å². The van der Waals surface area contributed by atoms with Gasteiger partial charge in [0.15, 0.2) is 0 Å². The number of nitrogens with zero attached hydrogens (tertiary/aromatic N) is 2. The number of hydrogen-bond donors (Lipinski definition) is 2. The molecule has 0 spiro atoms. The molecule has 0 saturated heterocycles. The summed E-state index contributed by atoms with van der Waals surface area (Å²) in [6.45, 7) is 1.46. The molecule has 7 heteroatoms. The minimum Gasteiger partial charge on any atom is -0.390 e. The van der Waals surface area contributed by atoms with Crippen LogP contribution < -0.4 is 11.5 Å². The summed E-state index contributed by atoms with van der Waals surface area (Å²) in [5.41, 5.74) is 15.3. The number of nitrogen functional groups attached to an aromatic ring is 1. The predicted molar refractivity (Wildman–Crippen MR) is 97.6 cm³/mol. The summed E-state index contributed by atoms with van der Waals surface area (Å²) in [5, 5.41) is 8.10. The molecular formula is C17H17ClN4OS. The number of anilines is 1. The minimum atomic E-state index is -0.434. The molecule has 24 heavy (non-hydrogen) atoms. The molecule has 1 aliphatic heterocycles. The van der Waals surface area contributed by atoms with E-state index in [1.807, 2.05) is 24.3 Å². The summed E-state index contributed by atoms with van der Waals surface area (Å²) in [7, 11) is 0. The Morgan fingerprint density at radius 2 is 2.17 bits per heavy atom. The Morgan fingerprint density at radius 3 is 2.92 bits per heavy atom. The SMILES string of the molecule is NC(=O)c1c(N)sc2c1CCC1=NN(Cc3ccccc3Cl)CC12. The molecule has 5 nitrogen and oxygen atoms in total. The number of amides is 1. The number of hydrogen-bond acceptors (Lipinski definition) is 5. The van der Waals surface area contributed by atoms with Crippen molar-refractivity contribution < 1.29 is 4.79 Å². The van der Waals surface area contributed by atoms with Gasteiger partial charge >= 0.3 is 0 Å². The van der Waals surface area contributed by atoms with Gasteiger partial charge in [0, 0.05) is 22.2 Å². The minimum absolute atomic E-state index is 0.205. The van der Waals surface area contributed by atoms with Crippen LogP contribution in [-0.2, 0) is 13.0 Å². The number of carbonyl (C=O) groups is 1. The molecule has 0 bridgehead atoms. The van der Waals surface area contributed by atoms with Crippen molar-refractivity contribution in [3.63, 3.8) is 0 Å². The van der Waals surface area contributed by atoms with Crippen molar-refractivity contribution in [3.05, 3.63) is 50.9 Å². The molecule has 1 aromatic carbocycles. The lowest BCUT2D eigenvalue weighted by atomic mass is 9.86. The molecule has 1 aromatic heterocycles. The van der Waals surface area contributed by atoms with Gasteiger partial charge in [-0.05, 0) is 30.0 Å². The Balaban J connectivity index is 1.61. The lowest BCUT2D eigenvalue weighted by molar-refractivity contribution is 0.100. The Hall–Kier alpha value is -2.05. The van der Waals surface area contributed by atoms with Gasteiger partial charge in [0.25, 0.3) is 5.91 Å². The molecule has 124 valence electrons. The van der Waals surface area contributed by atoms with E-state index in [9.17, 15) is 4.79 Å². The standard InChI is InChI=1S/C17H17ClN4OS/c18-12-4-2-1-3-9(12)7-22-8-11-13(21-22)6-5-10-14(16(19)23)17(20)24-15(10)11/h1-4,11H,5-8,20H2,(H2,19,23). The van der Waals surface area contributed by atoms with Crippen LogP contribution in [0.5, 0.6) is 0 Å². The van der Waals surface area contributed by atoms with Crippen LogP contribution in [0.3, 0.4) is 0 Å². The first-order valence-corrected chi connectivity index (χ1v) is 9.00. The Bertz CT molecular complexity index is 860. The first-order valence-electron chi connectivity index (χ1n) is 7.81. The number of halogens is 1. The maximum atomic E-state index is 11.7. The molecule has 2 aliphatic rings. The van der Waals surface area contributed by atoms with Gasteiger partial charge in [-0.3, -0.25) is 9.80 Å². The molecule has 4 rings (SSSR count). The zero-order valence-electron chi connectivity index (χ0n) is 13.0. The summed E-state index contributed by atoms with van der Waals surface area (Å²) >= 11 is 7.73. The lowest BCUT2D eigenvalue weighted by Crippen LogP contribution is -2.23. The number of primary amides is 1. The molecule has 0 saturated carbocycles. The lowest BCUT2D eigenvalue weighted by Gasteiger charge is -2.20. The summed E-state index contributed by atoms with van der Waals surface area (Å²) in [6, 6.07) is 7.82. The number of benzene rings is 1. The van der Waals surface area contributed by atoms with E-state index in [2.05, 4.69) is 5.01 Å². The molecule has 1 amide bonds. The molecule has 0 fully saturated rings. The Morgan fingerprint density at radius 1 is 1.38 bits per heavy atom. The summed E-state index contributed by atoms with van der Waals surface area (Å²) < 4.78 is 0. The number of rotatable bonds is 3. The first-order chi connectivity index (χ1) is 11.5. The molecule has 2 heterocycles. The molecule has 1 aliphatic carbocycles. The molecule has 2 aromatic rings. The average molecular weight is 361 g/mol. The van der Waals surface area contributed by atoms with Gasteiger partial charge < -0.3 is 11.5 Å². The molecule has 0 radical (unpaired) electrons. The van der Waals surface area contributed by atoms with Crippen LogP contribution in [0.4, 0.5) is 5.00 Å². The van der Waals surface area contributed by atoms with Crippen molar-refractivity contribution in [2.75, 3.05) is 12.3 Å². The second-order valence-corrected chi connectivity index (χ2v) is 7.62. The van der Waals surface area contributed by atoms with Crippen molar-refractivity contribution in [1.82, 2.24) is 5.01 Å². The maximum Gasteiger partial charge on any atom is 0.251 e. The van der Waals surface area contributed by atoms with Crippen LogP contribution in [0.15, 0.2) is 29.4 Å². The topological polar surface area (TPSA) is 84.7 Å². The zero-order chi connectivity index (χ0) is 16.8. The zero-order valence-corrected chi connectivity index (χ0v) is 14.5. The van der Waals surface area contributed by atoms with Crippen molar-refractivity contribution >= 4 is 39.6 Å². The van der Waals surface area contributed by atoms with E-state index in [4.69, 9.17) is 28.2 Å². The highest BCUT2D eigenvalue weighted by atomic mass is 35.5. The smallest absolute Gasteiger partial charge is 0.251 e. The Labute approximate surface area is 148 Å². The fourth-order valence-corrected chi connectivity index (χ4v) is 4.98. The van der Waals surface area contributed by atoms with Crippen LogP contribution in [0.25, 0.3) is 0 Å². The van der Waals surface area contributed by atoms with E-state index in [1.54, 1.807) is 0 Å². The van der Waals surface area contributed by atoms with Crippen molar-refractivity contribution in [2.24, 2.45) is 10.8 Å². The summed E-state index contributed by atoms with van der Waals surface area (Å²) in [4.78, 5) is 12.8. The highest BCUT2D eigenvalue weighted by Gasteiger charge is 2.37. The van der Waals surface area contributed by atoms with E-state index in [-0.39, 0.29) is 5.92 Å². The number of fused-ring (bicyclic) bond motifs is 3. The van der Waals surface area contributed by atoms with Gasteiger partial charge in [-0.15, -0.1) is 11.3 Å². The number of hydrazone groups is 1. The van der Waals surface area contributed by atoms with Crippen LogP contribution in [0.2, 0.25) is 5.02 Å². The van der Waals surface area contributed by atoms with Gasteiger partial charge in [0.1, 0.15) is 0 Å². The van der Waals surface area contributed by atoms with E-state index >= 15 is 0 Å². The molecule has 4 N–H and O–H groups in total. The molecule has 1 unspecified atom stereocenters. The van der Waals surface area contributed by atoms with Crippen LogP contribution in [-0.4, -0.2) is 23.2 Å². The third-order valence-corrected chi connectivity index (χ3v) is 6.18. The number of thiophene rings is 1. The quantitative estimate of drug-likeness (QED) is 0.882. The highest BCUT2D eigenvalue weighted by Crippen LogP contribution is 2.43. The first kappa shape index (κ1) is 15.5.